The predicted octanol–water partition coefficient (Wildman–Crippen LogP) is 4.47. The summed E-state index contributed by atoms with van der Waals surface area (Å²) in [5, 5.41) is 22.7. The first-order valence-corrected chi connectivity index (χ1v) is 22.6. The van der Waals surface area contributed by atoms with Gasteiger partial charge in [0.1, 0.15) is 50.8 Å². The molecule has 6 rings (SSSR count). The van der Waals surface area contributed by atoms with Crippen LogP contribution in [0.15, 0.2) is 121 Å². The summed E-state index contributed by atoms with van der Waals surface area (Å²) in [4.78, 5) is 91.9. The van der Waals surface area contributed by atoms with Crippen LogP contribution in [-0.2, 0) is 83.4 Å². The summed E-state index contributed by atoms with van der Waals surface area (Å²) in [7, 11) is 0. The van der Waals surface area contributed by atoms with E-state index in [4.69, 9.17) is 42.6 Å². The molecule has 4 aromatic rings. The summed E-state index contributed by atoms with van der Waals surface area (Å²) in [5.41, 5.74) is 2.59. The van der Waals surface area contributed by atoms with Crippen molar-refractivity contribution in [2.75, 3.05) is 6.54 Å². The maximum absolute atomic E-state index is 13.7. The third-order valence-corrected chi connectivity index (χ3v) is 11.0. The van der Waals surface area contributed by atoms with Gasteiger partial charge in [0.25, 0.3) is 0 Å². The first-order chi connectivity index (χ1) is 34.2. The molecule has 2 fully saturated rings. The summed E-state index contributed by atoms with van der Waals surface area (Å²) < 4.78 is 51.8. The number of ether oxygens (including phenoxy) is 9. The largest absolute Gasteiger partial charge is 0.457 e. The van der Waals surface area contributed by atoms with E-state index in [0.29, 0.717) is 22.3 Å². The van der Waals surface area contributed by atoms with Crippen molar-refractivity contribution in [3.63, 3.8) is 0 Å². The average Bonchev–Trinajstić information content (AvgIpc) is 3.35. The molecule has 4 amide bonds. The fraction of sp³-hybridized carbons (Fsp3) is 0.380. The number of benzene rings is 4. The van der Waals surface area contributed by atoms with Gasteiger partial charge in [-0.25, -0.2) is 19.2 Å². The summed E-state index contributed by atoms with van der Waals surface area (Å²) in [6, 6.07) is 30.7. The SMILES string of the molecule is CC(=O)O[C@@H]1[C@@H](NC(=O)OCc2ccccc2)[C@@H](O[C@H]2[C@H](O)[C@@H](OC(C)=O)[C@H](NC(=O)OCc3ccccc3)C[C@@H]2NC(=O)OCc2ccccc2)O[C@H](CNC(=O)OCc2ccccc2)[C@H]1OC(C)=O. The number of carbonyl (C=O) groups excluding carboxylic acids is 7. The Morgan fingerprint density at radius 3 is 1.28 bits per heavy atom. The van der Waals surface area contributed by atoms with Gasteiger partial charge < -0.3 is 69.0 Å². The van der Waals surface area contributed by atoms with Gasteiger partial charge >= 0.3 is 42.3 Å². The molecule has 1 saturated heterocycles. The van der Waals surface area contributed by atoms with E-state index in [9.17, 15) is 38.7 Å². The number of carbonyl (C=O) groups is 7. The molecule has 71 heavy (non-hydrogen) atoms. The number of nitrogens with one attached hydrogen (secondary N) is 4. The van der Waals surface area contributed by atoms with Gasteiger partial charge in [0.15, 0.2) is 24.6 Å². The van der Waals surface area contributed by atoms with E-state index in [1.807, 2.05) is 0 Å². The Balaban J connectivity index is 1.33. The minimum Gasteiger partial charge on any atom is -0.457 e. The van der Waals surface area contributed by atoms with Crippen molar-refractivity contribution in [1.82, 2.24) is 21.3 Å². The number of aliphatic hydroxyl groups excluding tert-OH is 1. The highest BCUT2D eigenvalue weighted by Crippen LogP contribution is 2.33. The molecule has 2 aliphatic rings. The molecule has 1 heterocycles. The monoisotopic (exact) mass is 984 g/mol. The molecular weight excluding hydrogens is 929 g/mol. The van der Waals surface area contributed by atoms with E-state index < -0.39 is 110 Å². The molecule has 0 bridgehead atoms. The average molecular weight is 985 g/mol. The smallest absolute Gasteiger partial charge is 0.407 e. The fourth-order valence-corrected chi connectivity index (χ4v) is 7.85. The van der Waals surface area contributed by atoms with Gasteiger partial charge in [-0.2, -0.15) is 0 Å². The van der Waals surface area contributed by atoms with Gasteiger partial charge in [-0.1, -0.05) is 121 Å². The van der Waals surface area contributed by atoms with E-state index in [2.05, 4.69) is 21.3 Å². The highest BCUT2D eigenvalue weighted by Gasteiger charge is 2.55. The predicted molar refractivity (Wildman–Crippen MR) is 246 cm³/mol. The topological polar surface area (TPSA) is 271 Å². The highest BCUT2D eigenvalue weighted by molar-refractivity contribution is 5.71. The summed E-state index contributed by atoms with van der Waals surface area (Å²) >= 11 is 0. The Morgan fingerprint density at radius 2 is 0.859 bits per heavy atom. The first kappa shape index (κ1) is 52.6. The van der Waals surface area contributed by atoms with Crippen LogP contribution in [0.4, 0.5) is 19.2 Å². The molecule has 4 aromatic carbocycles. The summed E-state index contributed by atoms with van der Waals surface area (Å²) in [6.45, 7) is 2.07. The molecule has 0 radical (unpaired) electrons. The van der Waals surface area contributed by atoms with Crippen LogP contribution in [0.25, 0.3) is 0 Å². The lowest BCUT2D eigenvalue weighted by Crippen LogP contribution is -2.71. The second-order valence-electron chi connectivity index (χ2n) is 16.4. The Kier molecular flexibility index (Phi) is 19.5. The molecular formula is C50H56N4O17. The van der Waals surface area contributed by atoms with Crippen molar-refractivity contribution in [3.8, 4) is 0 Å². The molecule has 0 unspecified atom stereocenters. The maximum Gasteiger partial charge on any atom is 0.407 e. The molecule has 378 valence electrons. The van der Waals surface area contributed by atoms with Crippen LogP contribution in [0.1, 0.15) is 49.4 Å². The van der Waals surface area contributed by atoms with Crippen molar-refractivity contribution in [1.29, 1.82) is 0 Å². The molecule has 0 spiro atoms. The van der Waals surface area contributed by atoms with Crippen molar-refractivity contribution >= 4 is 42.3 Å². The zero-order valence-electron chi connectivity index (χ0n) is 39.0. The molecule has 1 aliphatic heterocycles. The Bertz CT molecular complexity index is 2380. The molecule has 1 saturated carbocycles. The number of hydrogen-bond donors (Lipinski definition) is 5. The van der Waals surface area contributed by atoms with E-state index in [0.717, 1.165) is 20.8 Å². The lowest BCUT2D eigenvalue weighted by Gasteiger charge is -2.49. The van der Waals surface area contributed by atoms with Gasteiger partial charge in [-0.3, -0.25) is 14.4 Å². The molecule has 1 aliphatic carbocycles. The number of alkyl carbamates (subject to hydrolysis) is 4. The lowest BCUT2D eigenvalue weighted by molar-refractivity contribution is -0.297. The van der Waals surface area contributed by atoms with Crippen molar-refractivity contribution in [2.45, 2.75) is 115 Å². The second kappa shape index (κ2) is 26.3. The van der Waals surface area contributed by atoms with E-state index in [1.54, 1.807) is 121 Å². The van der Waals surface area contributed by atoms with E-state index >= 15 is 0 Å². The first-order valence-electron chi connectivity index (χ1n) is 22.6. The normalized spacial score (nSPS) is 23.5. The van der Waals surface area contributed by atoms with Crippen LogP contribution in [0.2, 0.25) is 0 Å². The summed E-state index contributed by atoms with van der Waals surface area (Å²) in [6.07, 6.45) is -16.0. The van der Waals surface area contributed by atoms with Gasteiger partial charge in [-0.15, -0.1) is 0 Å². The summed E-state index contributed by atoms with van der Waals surface area (Å²) in [5.74, 6) is -2.65. The van der Waals surface area contributed by atoms with Gasteiger partial charge in [0.2, 0.25) is 0 Å². The fourth-order valence-electron chi connectivity index (χ4n) is 7.85. The molecule has 5 N–H and O–H groups in total. The Morgan fingerprint density at radius 1 is 0.493 bits per heavy atom. The van der Waals surface area contributed by atoms with Gasteiger partial charge in [-0.05, 0) is 28.7 Å². The molecule has 21 heteroatoms. The van der Waals surface area contributed by atoms with Crippen LogP contribution in [-0.4, -0.2) is 115 Å². The zero-order chi connectivity index (χ0) is 50.7. The zero-order valence-corrected chi connectivity index (χ0v) is 39.0. The number of amides is 4. The van der Waals surface area contributed by atoms with Gasteiger partial charge in [0.05, 0.1) is 18.6 Å². The minimum absolute atomic E-state index is 0.115. The van der Waals surface area contributed by atoms with Crippen LogP contribution >= 0.6 is 0 Å². The highest BCUT2D eigenvalue weighted by atomic mass is 16.7. The number of esters is 3. The quantitative estimate of drug-likeness (QED) is 0.0680. The van der Waals surface area contributed by atoms with E-state index in [1.165, 1.54) is 0 Å². The second-order valence-corrected chi connectivity index (χ2v) is 16.4. The number of hydrogen-bond acceptors (Lipinski definition) is 17. The molecule has 21 nitrogen and oxygen atoms in total. The maximum atomic E-state index is 13.7. The third kappa shape index (κ3) is 16.4. The van der Waals surface area contributed by atoms with Crippen LogP contribution in [0.3, 0.4) is 0 Å². The van der Waals surface area contributed by atoms with Gasteiger partial charge in [0, 0.05) is 20.8 Å². The van der Waals surface area contributed by atoms with E-state index in [-0.39, 0.29) is 32.8 Å². The van der Waals surface area contributed by atoms with Crippen LogP contribution in [0, 0.1) is 0 Å². The third-order valence-electron chi connectivity index (χ3n) is 11.0. The Hall–Kier alpha value is -7.75. The number of rotatable bonds is 18. The Labute approximate surface area is 408 Å². The van der Waals surface area contributed by atoms with Crippen molar-refractivity contribution < 1.29 is 81.3 Å². The lowest BCUT2D eigenvalue weighted by atomic mass is 9.83. The standard InChI is InChI=1S/C50H56N4O17/c1-30(55)67-42-37(52-48(60)64-27-34-18-10-5-11-19-34)24-38(53-49(61)65-28-35-20-12-6-13-21-35)43(41(42)58)71-46-40(54-50(62)66-29-36-22-14-7-15-23-36)45(69-32(3)57)44(68-31(2)56)39(70-46)25-51-47(59)63-26-33-16-8-4-9-17-33/h4-23,37-46,58H,24-29H2,1-3H3,(H,51,59)(H,52,60)(H,53,61)(H,54,62)/t37-,38+,39-,40-,41-,42+,43-,44-,45-,46-/m1/s1. The minimum atomic E-state index is -1.93. The van der Waals surface area contributed by atoms with Crippen molar-refractivity contribution in [2.24, 2.45) is 0 Å². The number of aliphatic hydroxyl groups is 1. The molecule has 10 atom stereocenters. The van der Waals surface area contributed by atoms with Crippen molar-refractivity contribution in [3.05, 3.63) is 144 Å². The molecule has 0 aromatic heterocycles. The van der Waals surface area contributed by atoms with Crippen LogP contribution < -0.4 is 21.3 Å². The van der Waals surface area contributed by atoms with Crippen LogP contribution in [0.5, 0.6) is 0 Å².